The molecule has 0 aliphatic carbocycles. The van der Waals surface area contributed by atoms with Crippen LogP contribution in [0.25, 0.3) is 0 Å². The highest BCUT2D eigenvalue weighted by Crippen LogP contribution is 2.02. The standard InChI is InChI=1S/C14H29NO2/c1-4-7-12-17-13-8-9-14(16)15(10-5-2)11-6-3/h4-13H2,1-3H3. The smallest absolute Gasteiger partial charge is 0.222 e. The Morgan fingerprint density at radius 2 is 1.53 bits per heavy atom. The van der Waals surface area contributed by atoms with Crippen LogP contribution in [-0.4, -0.2) is 37.1 Å². The summed E-state index contributed by atoms with van der Waals surface area (Å²) >= 11 is 0. The summed E-state index contributed by atoms with van der Waals surface area (Å²) < 4.78 is 5.45. The first-order valence-electron chi connectivity index (χ1n) is 7.11. The van der Waals surface area contributed by atoms with Crippen LogP contribution in [0.2, 0.25) is 0 Å². The van der Waals surface area contributed by atoms with Gasteiger partial charge in [0.05, 0.1) is 0 Å². The molecular formula is C14H29NO2. The van der Waals surface area contributed by atoms with Gasteiger partial charge in [0.15, 0.2) is 0 Å². The Kier molecular flexibility index (Phi) is 11.5. The third-order valence-electron chi connectivity index (χ3n) is 2.66. The molecule has 0 N–H and O–H groups in total. The van der Waals surface area contributed by atoms with Crippen LogP contribution < -0.4 is 0 Å². The first-order valence-corrected chi connectivity index (χ1v) is 7.11. The van der Waals surface area contributed by atoms with Crippen molar-refractivity contribution in [1.29, 1.82) is 0 Å². The van der Waals surface area contributed by atoms with Crippen molar-refractivity contribution in [2.24, 2.45) is 0 Å². The SMILES string of the molecule is CCCCOCCCC(=O)N(CCC)CCC. The van der Waals surface area contributed by atoms with Gasteiger partial charge in [-0.3, -0.25) is 4.79 Å². The van der Waals surface area contributed by atoms with Crippen LogP contribution in [-0.2, 0) is 9.53 Å². The zero-order valence-electron chi connectivity index (χ0n) is 11.8. The van der Waals surface area contributed by atoms with E-state index in [0.29, 0.717) is 6.42 Å². The van der Waals surface area contributed by atoms with Gasteiger partial charge in [-0.2, -0.15) is 0 Å². The second-order valence-electron chi connectivity index (χ2n) is 4.45. The van der Waals surface area contributed by atoms with Crippen LogP contribution in [0.15, 0.2) is 0 Å². The fourth-order valence-corrected chi connectivity index (χ4v) is 1.73. The second kappa shape index (κ2) is 11.9. The van der Waals surface area contributed by atoms with Crippen LogP contribution in [0.5, 0.6) is 0 Å². The Balaban J connectivity index is 3.59. The quantitative estimate of drug-likeness (QED) is 0.521. The zero-order chi connectivity index (χ0) is 12.9. The Morgan fingerprint density at radius 1 is 0.941 bits per heavy atom. The Labute approximate surface area is 107 Å². The molecule has 0 aromatic heterocycles. The summed E-state index contributed by atoms with van der Waals surface area (Å²) in [5.41, 5.74) is 0. The Bertz CT molecular complexity index is 177. The van der Waals surface area contributed by atoms with E-state index in [-0.39, 0.29) is 5.91 Å². The van der Waals surface area contributed by atoms with Crippen LogP contribution >= 0.6 is 0 Å². The minimum absolute atomic E-state index is 0.285. The maximum Gasteiger partial charge on any atom is 0.222 e. The van der Waals surface area contributed by atoms with Crippen LogP contribution in [0, 0.1) is 0 Å². The summed E-state index contributed by atoms with van der Waals surface area (Å²) in [6.45, 7) is 9.72. The molecule has 0 unspecified atom stereocenters. The minimum Gasteiger partial charge on any atom is -0.381 e. The predicted molar refractivity (Wildman–Crippen MR) is 72.1 cm³/mol. The molecule has 0 heterocycles. The number of amides is 1. The lowest BCUT2D eigenvalue weighted by Gasteiger charge is -2.21. The minimum atomic E-state index is 0.285. The summed E-state index contributed by atoms with van der Waals surface area (Å²) in [6.07, 6.45) is 5.85. The van der Waals surface area contributed by atoms with Gasteiger partial charge in [0.25, 0.3) is 0 Å². The van der Waals surface area contributed by atoms with Gasteiger partial charge >= 0.3 is 0 Å². The molecule has 0 bridgehead atoms. The first kappa shape index (κ1) is 16.4. The molecule has 0 atom stereocenters. The summed E-state index contributed by atoms with van der Waals surface area (Å²) in [5.74, 6) is 0.285. The lowest BCUT2D eigenvalue weighted by Crippen LogP contribution is -2.32. The van der Waals surface area contributed by atoms with E-state index in [1.54, 1.807) is 0 Å². The number of nitrogens with zero attached hydrogens (tertiary/aromatic N) is 1. The van der Waals surface area contributed by atoms with Crippen molar-refractivity contribution in [3.05, 3.63) is 0 Å². The van der Waals surface area contributed by atoms with Gasteiger partial charge in [-0.05, 0) is 25.7 Å². The number of carbonyl (C=O) groups is 1. The highest BCUT2D eigenvalue weighted by atomic mass is 16.5. The Morgan fingerprint density at radius 3 is 2.06 bits per heavy atom. The van der Waals surface area contributed by atoms with Gasteiger partial charge in [0, 0.05) is 32.7 Å². The van der Waals surface area contributed by atoms with Gasteiger partial charge in [-0.1, -0.05) is 27.2 Å². The molecule has 0 aliphatic heterocycles. The lowest BCUT2D eigenvalue weighted by atomic mass is 10.2. The third kappa shape index (κ3) is 9.16. The largest absolute Gasteiger partial charge is 0.381 e. The molecule has 0 saturated carbocycles. The van der Waals surface area contributed by atoms with Crippen molar-refractivity contribution < 1.29 is 9.53 Å². The highest BCUT2D eigenvalue weighted by molar-refractivity contribution is 5.76. The predicted octanol–water partition coefficient (Wildman–Crippen LogP) is 3.23. The molecule has 0 radical (unpaired) electrons. The third-order valence-corrected chi connectivity index (χ3v) is 2.66. The molecule has 0 rings (SSSR count). The molecule has 17 heavy (non-hydrogen) atoms. The van der Waals surface area contributed by atoms with E-state index in [1.165, 1.54) is 6.42 Å². The molecule has 0 spiro atoms. The van der Waals surface area contributed by atoms with Crippen molar-refractivity contribution in [1.82, 2.24) is 4.90 Å². The molecule has 0 saturated heterocycles. The van der Waals surface area contributed by atoms with E-state index in [2.05, 4.69) is 20.8 Å². The summed E-state index contributed by atoms with van der Waals surface area (Å²) in [6, 6.07) is 0. The maximum atomic E-state index is 11.9. The van der Waals surface area contributed by atoms with Gasteiger partial charge < -0.3 is 9.64 Å². The van der Waals surface area contributed by atoms with Gasteiger partial charge in [-0.15, -0.1) is 0 Å². The average molecular weight is 243 g/mol. The van der Waals surface area contributed by atoms with Crippen molar-refractivity contribution in [3.63, 3.8) is 0 Å². The van der Waals surface area contributed by atoms with Crippen LogP contribution in [0.3, 0.4) is 0 Å². The topological polar surface area (TPSA) is 29.5 Å². The van der Waals surface area contributed by atoms with Crippen molar-refractivity contribution >= 4 is 5.91 Å². The fourth-order valence-electron chi connectivity index (χ4n) is 1.73. The molecule has 102 valence electrons. The van der Waals surface area contributed by atoms with Crippen LogP contribution in [0.1, 0.15) is 59.3 Å². The average Bonchev–Trinajstić information content (AvgIpc) is 2.33. The molecule has 3 heteroatoms. The van der Waals surface area contributed by atoms with Crippen molar-refractivity contribution in [2.75, 3.05) is 26.3 Å². The van der Waals surface area contributed by atoms with Crippen molar-refractivity contribution in [2.45, 2.75) is 59.3 Å². The summed E-state index contributed by atoms with van der Waals surface area (Å²) in [7, 11) is 0. The van der Waals surface area contributed by atoms with Gasteiger partial charge in [-0.25, -0.2) is 0 Å². The number of carbonyl (C=O) groups excluding carboxylic acids is 1. The monoisotopic (exact) mass is 243 g/mol. The molecule has 0 fully saturated rings. The van der Waals surface area contributed by atoms with Crippen molar-refractivity contribution in [3.8, 4) is 0 Å². The maximum absolute atomic E-state index is 11.9. The normalized spacial score (nSPS) is 10.5. The van der Waals surface area contributed by atoms with Crippen LogP contribution in [0.4, 0.5) is 0 Å². The molecule has 0 aromatic rings. The number of rotatable bonds is 11. The fraction of sp³-hybridized carbons (Fsp3) is 0.929. The van der Waals surface area contributed by atoms with Gasteiger partial charge in [0.2, 0.25) is 5.91 Å². The molecular weight excluding hydrogens is 214 g/mol. The molecule has 0 aliphatic rings. The van der Waals surface area contributed by atoms with E-state index in [0.717, 1.165) is 52.0 Å². The number of unbranched alkanes of at least 4 members (excludes halogenated alkanes) is 1. The molecule has 3 nitrogen and oxygen atoms in total. The number of hydrogen-bond donors (Lipinski definition) is 0. The van der Waals surface area contributed by atoms with E-state index < -0.39 is 0 Å². The van der Waals surface area contributed by atoms with E-state index in [9.17, 15) is 4.79 Å². The molecule has 0 aromatic carbocycles. The summed E-state index contributed by atoms with van der Waals surface area (Å²) in [4.78, 5) is 13.9. The first-order chi connectivity index (χ1) is 8.26. The Hall–Kier alpha value is -0.570. The number of ether oxygens (including phenoxy) is 1. The van der Waals surface area contributed by atoms with E-state index in [1.807, 2.05) is 4.90 Å². The lowest BCUT2D eigenvalue weighted by molar-refractivity contribution is -0.131. The number of hydrogen-bond acceptors (Lipinski definition) is 2. The second-order valence-corrected chi connectivity index (χ2v) is 4.45. The van der Waals surface area contributed by atoms with E-state index in [4.69, 9.17) is 4.74 Å². The summed E-state index contributed by atoms with van der Waals surface area (Å²) in [5, 5.41) is 0. The van der Waals surface area contributed by atoms with E-state index >= 15 is 0 Å². The molecule has 1 amide bonds. The highest BCUT2D eigenvalue weighted by Gasteiger charge is 2.10. The van der Waals surface area contributed by atoms with Gasteiger partial charge in [0.1, 0.15) is 0 Å². The zero-order valence-corrected chi connectivity index (χ0v) is 11.8.